The molecule has 0 unspecified atom stereocenters. The maximum Gasteiger partial charge on any atom is 0.247 e. The van der Waals surface area contributed by atoms with Crippen LogP contribution in [0, 0.1) is 0 Å². The zero-order valence-corrected chi connectivity index (χ0v) is 9.12. The van der Waals surface area contributed by atoms with Crippen LogP contribution in [0.1, 0.15) is 25.3 Å². The van der Waals surface area contributed by atoms with Crippen molar-refractivity contribution < 1.29 is 8.42 Å². The molecule has 0 saturated heterocycles. The van der Waals surface area contributed by atoms with Crippen molar-refractivity contribution in [2.45, 2.75) is 30.4 Å². The summed E-state index contributed by atoms with van der Waals surface area (Å²) in [6.45, 7) is 2.07. The lowest BCUT2D eigenvalue weighted by Gasteiger charge is -1.99. The Morgan fingerprint density at radius 2 is 2.23 bits per heavy atom. The number of hydrogen-bond acceptors (Lipinski definition) is 3. The Bertz CT molecular complexity index is 367. The largest absolute Gasteiger partial charge is 0.247 e. The molecule has 0 amide bonds. The highest BCUT2D eigenvalue weighted by Crippen LogP contribution is 2.22. The number of unbranched alkanes of at least 4 members (excludes halogenated alkanes) is 1. The lowest BCUT2D eigenvalue weighted by molar-refractivity contribution is 0.598. The topological polar surface area (TPSA) is 60.2 Å². The molecule has 0 bridgehead atoms. The summed E-state index contributed by atoms with van der Waals surface area (Å²) in [5, 5.41) is 6.82. The maximum absolute atomic E-state index is 11.1. The molecule has 0 fully saturated rings. The highest BCUT2D eigenvalue weighted by Gasteiger charge is 2.14. The number of rotatable bonds is 4. The summed E-state index contributed by atoms with van der Waals surface area (Å²) in [6, 6.07) is 1.83. The molecule has 1 heterocycles. The van der Waals surface area contributed by atoms with Gasteiger partial charge in [-0.25, -0.2) is 13.6 Å². The number of primary sulfonamides is 1. The first-order chi connectivity index (χ1) is 6.05. The molecule has 0 aromatic carbocycles. The van der Waals surface area contributed by atoms with Crippen molar-refractivity contribution >= 4 is 21.4 Å². The third kappa shape index (κ3) is 2.79. The number of sulfonamides is 1. The zero-order chi connectivity index (χ0) is 9.90. The molecular formula is C8H13NO2S2. The normalized spacial score (nSPS) is 11.8. The fraction of sp³-hybridized carbons (Fsp3) is 0.500. The van der Waals surface area contributed by atoms with Gasteiger partial charge in [-0.15, -0.1) is 11.3 Å². The van der Waals surface area contributed by atoms with Gasteiger partial charge >= 0.3 is 0 Å². The predicted molar refractivity (Wildman–Crippen MR) is 54.3 cm³/mol. The minimum Gasteiger partial charge on any atom is -0.224 e. The molecule has 1 aromatic heterocycles. The van der Waals surface area contributed by atoms with Crippen molar-refractivity contribution in [3.63, 3.8) is 0 Å². The molecule has 2 N–H and O–H groups in total. The zero-order valence-electron chi connectivity index (χ0n) is 7.49. The lowest BCUT2D eigenvalue weighted by Crippen LogP contribution is -2.12. The van der Waals surface area contributed by atoms with Gasteiger partial charge in [-0.2, -0.15) is 0 Å². The average Bonchev–Trinajstić information content (AvgIpc) is 2.47. The van der Waals surface area contributed by atoms with E-state index in [1.165, 1.54) is 11.3 Å². The minimum atomic E-state index is -3.50. The standard InChI is InChI=1S/C8H13NO2S2/c1-2-3-4-7-5-6-12-8(7)13(9,10)11/h5-6H,2-4H2,1H3,(H2,9,10,11). The molecule has 13 heavy (non-hydrogen) atoms. The monoisotopic (exact) mass is 219 g/mol. The number of thiophene rings is 1. The van der Waals surface area contributed by atoms with E-state index < -0.39 is 10.0 Å². The molecule has 0 atom stereocenters. The Morgan fingerprint density at radius 1 is 1.54 bits per heavy atom. The third-order valence-electron chi connectivity index (χ3n) is 1.76. The van der Waals surface area contributed by atoms with Crippen LogP contribution in [0.2, 0.25) is 0 Å². The van der Waals surface area contributed by atoms with Gasteiger partial charge in [-0.1, -0.05) is 13.3 Å². The molecule has 1 rings (SSSR count). The van der Waals surface area contributed by atoms with Gasteiger partial charge in [0, 0.05) is 0 Å². The number of nitrogens with two attached hydrogens (primary N) is 1. The van der Waals surface area contributed by atoms with E-state index in [4.69, 9.17) is 5.14 Å². The van der Waals surface area contributed by atoms with Crippen LogP contribution in [-0.2, 0) is 16.4 Å². The first-order valence-corrected chi connectivity index (χ1v) is 6.57. The van der Waals surface area contributed by atoms with Crippen LogP contribution in [0.4, 0.5) is 0 Å². The second kappa shape index (κ2) is 4.21. The minimum absolute atomic E-state index is 0.320. The lowest BCUT2D eigenvalue weighted by atomic mass is 10.2. The van der Waals surface area contributed by atoms with Crippen LogP contribution in [0.5, 0.6) is 0 Å². The second-order valence-electron chi connectivity index (χ2n) is 2.88. The SMILES string of the molecule is CCCCc1ccsc1S(N)(=O)=O. The number of hydrogen-bond donors (Lipinski definition) is 1. The summed E-state index contributed by atoms with van der Waals surface area (Å²) in [6.07, 6.45) is 2.85. The Labute approximate surface area is 82.6 Å². The Balaban J connectivity index is 2.90. The first-order valence-electron chi connectivity index (χ1n) is 4.15. The molecule has 0 aliphatic heterocycles. The van der Waals surface area contributed by atoms with Crippen LogP contribution in [0.3, 0.4) is 0 Å². The van der Waals surface area contributed by atoms with E-state index in [0.717, 1.165) is 24.8 Å². The van der Waals surface area contributed by atoms with E-state index in [2.05, 4.69) is 6.92 Å². The Hall–Kier alpha value is -0.390. The summed E-state index contributed by atoms with van der Waals surface area (Å²) in [4.78, 5) is 0. The van der Waals surface area contributed by atoms with Gasteiger partial charge in [-0.05, 0) is 29.9 Å². The molecule has 0 saturated carbocycles. The van der Waals surface area contributed by atoms with Crippen LogP contribution >= 0.6 is 11.3 Å². The highest BCUT2D eigenvalue weighted by atomic mass is 32.2. The summed E-state index contributed by atoms with van der Waals surface area (Å²) < 4.78 is 22.5. The van der Waals surface area contributed by atoms with E-state index >= 15 is 0 Å². The van der Waals surface area contributed by atoms with Crippen LogP contribution in [0.25, 0.3) is 0 Å². The first kappa shape index (κ1) is 10.7. The quantitative estimate of drug-likeness (QED) is 0.838. The molecule has 5 heteroatoms. The molecular weight excluding hydrogens is 206 g/mol. The smallest absolute Gasteiger partial charge is 0.224 e. The van der Waals surface area contributed by atoms with E-state index in [1.807, 2.05) is 6.07 Å². The summed E-state index contributed by atoms with van der Waals surface area (Å²) in [5.41, 5.74) is 0.856. The molecule has 74 valence electrons. The molecule has 0 aliphatic carbocycles. The van der Waals surface area contributed by atoms with Crippen LogP contribution in [0.15, 0.2) is 15.7 Å². The average molecular weight is 219 g/mol. The van der Waals surface area contributed by atoms with Gasteiger partial charge in [0.25, 0.3) is 0 Å². The third-order valence-corrected chi connectivity index (χ3v) is 4.28. The van der Waals surface area contributed by atoms with E-state index in [1.54, 1.807) is 5.38 Å². The number of aryl methyl sites for hydroxylation is 1. The summed E-state index contributed by atoms with van der Waals surface area (Å²) in [7, 11) is -3.50. The molecule has 0 spiro atoms. The van der Waals surface area contributed by atoms with Gasteiger partial charge in [0.15, 0.2) is 0 Å². The Morgan fingerprint density at radius 3 is 2.77 bits per heavy atom. The van der Waals surface area contributed by atoms with E-state index in [9.17, 15) is 8.42 Å². The van der Waals surface area contributed by atoms with Crippen molar-refractivity contribution in [2.75, 3.05) is 0 Å². The molecule has 0 aliphatic rings. The van der Waals surface area contributed by atoms with E-state index in [-0.39, 0.29) is 0 Å². The second-order valence-corrected chi connectivity index (χ2v) is 5.55. The van der Waals surface area contributed by atoms with Crippen molar-refractivity contribution in [1.29, 1.82) is 0 Å². The van der Waals surface area contributed by atoms with Gasteiger partial charge < -0.3 is 0 Å². The fourth-order valence-corrected chi connectivity index (χ4v) is 3.04. The van der Waals surface area contributed by atoms with Gasteiger partial charge in [-0.3, -0.25) is 0 Å². The Kier molecular flexibility index (Phi) is 3.47. The summed E-state index contributed by atoms with van der Waals surface area (Å²) in [5.74, 6) is 0. The summed E-state index contributed by atoms with van der Waals surface area (Å²) >= 11 is 1.19. The fourth-order valence-electron chi connectivity index (χ4n) is 1.12. The van der Waals surface area contributed by atoms with Crippen LogP contribution in [-0.4, -0.2) is 8.42 Å². The predicted octanol–water partition coefficient (Wildman–Crippen LogP) is 1.74. The molecule has 0 radical (unpaired) electrons. The maximum atomic E-state index is 11.1. The van der Waals surface area contributed by atoms with Crippen LogP contribution < -0.4 is 5.14 Å². The molecule has 1 aromatic rings. The molecule has 3 nitrogen and oxygen atoms in total. The van der Waals surface area contributed by atoms with Gasteiger partial charge in [0.1, 0.15) is 4.21 Å². The van der Waals surface area contributed by atoms with E-state index in [0.29, 0.717) is 4.21 Å². The van der Waals surface area contributed by atoms with Crippen molar-refractivity contribution in [3.8, 4) is 0 Å². The van der Waals surface area contributed by atoms with Gasteiger partial charge in [0.2, 0.25) is 10.0 Å². The van der Waals surface area contributed by atoms with Gasteiger partial charge in [0.05, 0.1) is 0 Å². The van der Waals surface area contributed by atoms with Crippen molar-refractivity contribution in [1.82, 2.24) is 0 Å². The highest BCUT2D eigenvalue weighted by molar-refractivity contribution is 7.91. The van der Waals surface area contributed by atoms with Crippen molar-refractivity contribution in [3.05, 3.63) is 17.0 Å². The van der Waals surface area contributed by atoms with Crippen molar-refractivity contribution in [2.24, 2.45) is 5.14 Å².